The van der Waals surface area contributed by atoms with E-state index in [4.69, 9.17) is 14.6 Å². The number of rotatable bonds is 6. The van der Waals surface area contributed by atoms with Gasteiger partial charge in [0.2, 0.25) is 0 Å². The van der Waals surface area contributed by atoms with Gasteiger partial charge in [-0.1, -0.05) is 11.6 Å². The van der Waals surface area contributed by atoms with Crippen molar-refractivity contribution in [3.05, 3.63) is 45.2 Å². The third-order valence-corrected chi connectivity index (χ3v) is 7.89. The van der Waals surface area contributed by atoms with Gasteiger partial charge in [-0.25, -0.2) is 0 Å². The highest BCUT2D eigenvalue weighted by molar-refractivity contribution is 8.05. The first kappa shape index (κ1) is 21.3. The zero-order valence-electron chi connectivity index (χ0n) is 17.9. The van der Waals surface area contributed by atoms with Crippen LogP contribution in [0, 0.1) is 0 Å². The van der Waals surface area contributed by atoms with E-state index in [1.165, 1.54) is 21.6 Å². The Labute approximate surface area is 183 Å². The number of carboxylic acid groups (broad SMARTS) is 1. The summed E-state index contributed by atoms with van der Waals surface area (Å²) in [6.45, 7) is 8.21. The molecule has 0 amide bonds. The van der Waals surface area contributed by atoms with Crippen molar-refractivity contribution in [2.45, 2.75) is 51.4 Å². The SMILES string of the molecule is CC1=C(C)SC=C(COc2ccc3c(c2)OCC32CCN(CCC(=O)O)CC2)CC1. The Morgan fingerprint density at radius 3 is 2.83 bits per heavy atom. The molecule has 1 saturated heterocycles. The molecule has 0 unspecified atom stereocenters. The van der Waals surface area contributed by atoms with E-state index in [1.54, 1.807) is 11.8 Å². The molecule has 0 saturated carbocycles. The fourth-order valence-electron chi connectivity index (χ4n) is 4.45. The number of benzene rings is 1. The van der Waals surface area contributed by atoms with Gasteiger partial charge in [0, 0.05) is 23.6 Å². The van der Waals surface area contributed by atoms with Crippen LogP contribution in [0.2, 0.25) is 0 Å². The summed E-state index contributed by atoms with van der Waals surface area (Å²) in [5.74, 6) is 1.09. The molecule has 30 heavy (non-hydrogen) atoms. The number of hydrogen-bond donors (Lipinski definition) is 1. The Hall–Kier alpha value is -1.92. The van der Waals surface area contributed by atoms with Gasteiger partial charge in [0.05, 0.1) is 13.0 Å². The van der Waals surface area contributed by atoms with E-state index in [2.05, 4.69) is 36.3 Å². The molecule has 3 heterocycles. The second-order valence-corrected chi connectivity index (χ2v) is 9.82. The molecule has 0 radical (unpaired) electrons. The number of carbonyl (C=O) groups is 1. The summed E-state index contributed by atoms with van der Waals surface area (Å²) >= 11 is 1.81. The highest BCUT2D eigenvalue weighted by atomic mass is 32.2. The summed E-state index contributed by atoms with van der Waals surface area (Å²) in [6, 6.07) is 6.29. The second-order valence-electron chi connectivity index (χ2n) is 8.73. The first-order chi connectivity index (χ1) is 14.4. The maximum Gasteiger partial charge on any atom is 0.304 e. The highest BCUT2D eigenvalue weighted by Crippen LogP contribution is 2.46. The first-order valence-corrected chi connectivity index (χ1v) is 11.7. The van der Waals surface area contributed by atoms with Crippen molar-refractivity contribution in [1.29, 1.82) is 0 Å². The number of likely N-dealkylation sites (tertiary alicyclic amines) is 1. The van der Waals surface area contributed by atoms with Crippen molar-refractivity contribution in [2.75, 3.05) is 32.8 Å². The number of thioether (sulfide) groups is 1. The number of aliphatic carboxylic acids is 1. The average molecular weight is 430 g/mol. The summed E-state index contributed by atoms with van der Waals surface area (Å²) in [5.41, 5.74) is 4.15. The standard InChI is InChI=1S/C24H31NO4S/c1-17-3-4-19(15-30-18(17)2)14-28-20-5-6-21-22(13-20)29-16-24(21)8-11-25(12-9-24)10-7-23(26)27/h5-6,13,15H,3-4,7-12,14,16H2,1-2H3,(H,26,27). The molecule has 0 atom stereocenters. The summed E-state index contributed by atoms with van der Waals surface area (Å²) in [4.78, 5) is 14.5. The lowest BCUT2D eigenvalue weighted by Crippen LogP contribution is -2.44. The minimum absolute atomic E-state index is 0.0643. The number of fused-ring (bicyclic) bond motifs is 2. The van der Waals surface area contributed by atoms with Crippen LogP contribution in [0.15, 0.2) is 39.7 Å². The third-order valence-electron chi connectivity index (χ3n) is 6.73. The molecule has 1 spiro atoms. The lowest BCUT2D eigenvalue weighted by atomic mass is 9.74. The predicted octanol–water partition coefficient (Wildman–Crippen LogP) is 4.97. The van der Waals surface area contributed by atoms with E-state index < -0.39 is 5.97 Å². The fraction of sp³-hybridized carbons (Fsp3) is 0.542. The van der Waals surface area contributed by atoms with Crippen LogP contribution in [0.25, 0.3) is 0 Å². The zero-order chi connectivity index (χ0) is 21.1. The average Bonchev–Trinajstić information content (AvgIpc) is 3.00. The molecule has 1 N–H and O–H groups in total. The largest absolute Gasteiger partial charge is 0.492 e. The molecular formula is C24H31NO4S. The molecule has 6 heteroatoms. The fourth-order valence-corrected chi connectivity index (χ4v) is 5.29. The maximum atomic E-state index is 10.8. The molecule has 1 aromatic carbocycles. The van der Waals surface area contributed by atoms with E-state index in [0.29, 0.717) is 19.8 Å². The summed E-state index contributed by atoms with van der Waals surface area (Å²) in [6.07, 6.45) is 4.39. The quantitative estimate of drug-likeness (QED) is 0.689. The van der Waals surface area contributed by atoms with Gasteiger partial charge < -0.3 is 19.5 Å². The van der Waals surface area contributed by atoms with E-state index in [0.717, 1.165) is 50.3 Å². The predicted molar refractivity (Wildman–Crippen MR) is 120 cm³/mol. The molecule has 3 aliphatic rings. The summed E-state index contributed by atoms with van der Waals surface area (Å²) < 4.78 is 12.2. The number of hydrogen-bond acceptors (Lipinski definition) is 5. The monoisotopic (exact) mass is 429 g/mol. The van der Waals surface area contributed by atoms with Gasteiger partial charge in [-0.2, -0.15) is 0 Å². The van der Waals surface area contributed by atoms with Crippen molar-refractivity contribution in [1.82, 2.24) is 4.90 Å². The van der Waals surface area contributed by atoms with Crippen LogP contribution in [0.5, 0.6) is 11.5 Å². The van der Waals surface area contributed by atoms with Crippen LogP contribution in [-0.2, 0) is 10.2 Å². The van der Waals surface area contributed by atoms with Crippen LogP contribution in [-0.4, -0.2) is 48.8 Å². The molecule has 1 fully saturated rings. The zero-order valence-corrected chi connectivity index (χ0v) is 18.7. The van der Waals surface area contributed by atoms with Crippen LogP contribution in [0.3, 0.4) is 0 Å². The van der Waals surface area contributed by atoms with Crippen LogP contribution >= 0.6 is 11.8 Å². The Morgan fingerprint density at radius 1 is 1.27 bits per heavy atom. The van der Waals surface area contributed by atoms with Crippen molar-refractivity contribution in [3.63, 3.8) is 0 Å². The van der Waals surface area contributed by atoms with Gasteiger partial charge in [0.1, 0.15) is 18.1 Å². The molecular weight excluding hydrogens is 398 g/mol. The van der Waals surface area contributed by atoms with Gasteiger partial charge in [0.15, 0.2) is 0 Å². The number of allylic oxidation sites excluding steroid dienone is 2. The van der Waals surface area contributed by atoms with E-state index >= 15 is 0 Å². The van der Waals surface area contributed by atoms with Crippen LogP contribution < -0.4 is 9.47 Å². The highest BCUT2D eigenvalue weighted by Gasteiger charge is 2.43. The number of nitrogens with zero attached hydrogens (tertiary/aromatic N) is 1. The maximum absolute atomic E-state index is 10.8. The molecule has 1 aromatic rings. The normalized spacial score (nSPS) is 21.1. The van der Waals surface area contributed by atoms with Gasteiger partial charge in [-0.3, -0.25) is 4.79 Å². The molecule has 5 nitrogen and oxygen atoms in total. The molecule has 4 rings (SSSR count). The molecule has 0 bridgehead atoms. The molecule has 162 valence electrons. The van der Waals surface area contributed by atoms with Gasteiger partial charge in [0.25, 0.3) is 0 Å². The van der Waals surface area contributed by atoms with Gasteiger partial charge in [-0.15, -0.1) is 11.8 Å². The Bertz CT molecular complexity index is 868. The minimum atomic E-state index is -0.725. The van der Waals surface area contributed by atoms with Crippen LogP contribution in [0.4, 0.5) is 0 Å². The Kier molecular flexibility index (Phi) is 6.44. The van der Waals surface area contributed by atoms with E-state index in [-0.39, 0.29) is 11.8 Å². The van der Waals surface area contributed by atoms with Crippen LogP contribution in [0.1, 0.15) is 51.5 Å². The summed E-state index contributed by atoms with van der Waals surface area (Å²) in [5, 5.41) is 11.1. The lowest BCUT2D eigenvalue weighted by Gasteiger charge is -2.38. The van der Waals surface area contributed by atoms with Gasteiger partial charge >= 0.3 is 5.97 Å². The van der Waals surface area contributed by atoms with Crippen molar-refractivity contribution >= 4 is 17.7 Å². The lowest BCUT2D eigenvalue weighted by molar-refractivity contribution is -0.137. The van der Waals surface area contributed by atoms with Crippen molar-refractivity contribution in [3.8, 4) is 11.5 Å². The third kappa shape index (κ3) is 4.70. The number of piperidine rings is 1. The van der Waals surface area contributed by atoms with Gasteiger partial charge in [-0.05, 0) is 74.6 Å². The smallest absolute Gasteiger partial charge is 0.304 e. The minimum Gasteiger partial charge on any atom is -0.492 e. The topological polar surface area (TPSA) is 59.0 Å². The van der Waals surface area contributed by atoms with E-state index in [1.807, 2.05) is 6.07 Å². The number of ether oxygens (including phenoxy) is 2. The second kappa shape index (κ2) is 9.06. The first-order valence-electron chi connectivity index (χ1n) is 10.8. The summed E-state index contributed by atoms with van der Waals surface area (Å²) in [7, 11) is 0. The number of carboxylic acids is 1. The Balaban J connectivity index is 1.35. The molecule has 0 aromatic heterocycles. The van der Waals surface area contributed by atoms with E-state index in [9.17, 15) is 4.79 Å². The molecule has 3 aliphatic heterocycles. The van der Waals surface area contributed by atoms with Crippen molar-refractivity contribution in [2.24, 2.45) is 0 Å². The Morgan fingerprint density at radius 2 is 2.07 bits per heavy atom. The molecule has 0 aliphatic carbocycles. The van der Waals surface area contributed by atoms with Crippen molar-refractivity contribution < 1.29 is 19.4 Å².